The van der Waals surface area contributed by atoms with Crippen molar-refractivity contribution in [2.75, 3.05) is 7.05 Å². The first-order valence-electron chi connectivity index (χ1n) is 6.96. The van der Waals surface area contributed by atoms with Crippen molar-refractivity contribution < 1.29 is 19.5 Å². The predicted octanol–water partition coefficient (Wildman–Crippen LogP) is 0.679. The van der Waals surface area contributed by atoms with E-state index in [4.69, 9.17) is 10.8 Å². The second kappa shape index (κ2) is 7.72. The third-order valence-corrected chi connectivity index (χ3v) is 3.69. The molecule has 0 aromatic rings. The zero-order valence-corrected chi connectivity index (χ0v) is 11.8. The van der Waals surface area contributed by atoms with Crippen molar-refractivity contribution in [3.05, 3.63) is 0 Å². The van der Waals surface area contributed by atoms with Crippen molar-refractivity contribution in [1.29, 1.82) is 0 Å². The maximum Gasteiger partial charge on any atom is 0.326 e. The van der Waals surface area contributed by atoms with Crippen molar-refractivity contribution in [3.8, 4) is 0 Å². The second-order valence-electron chi connectivity index (χ2n) is 5.27. The Kier molecular flexibility index (Phi) is 6.27. The summed E-state index contributed by atoms with van der Waals surface area (Å²) in [5.41, 5.74) is 4.98. The molecule has 114 valence electrons. The average Bonchev–Trinajstić information content (AvgIpc) is 2.65. The minimum Gasteiger partial charge on any atom is -0.480 e. The van der Waals surface area contributed by atoms with Crippen LogP contribution in [0.25, 0.3) is 0 Å². The van der Waals surface area contributed by atoms with E-state index in [2.05, 4.69) is 5.32 Å². The standard InChI is InChI=1S/C13H23N3O4/c1-16(9-6-4-2-3-5-7-9)13(20)15-10(12(18)19)8-11(14)17/h9-10H,2-8H2,1H3,(H2,14,17)(H,15,20)(H,18,19). The molecule has 1 rings (SSSR count). The number of urea groups is 1. The lowest BCUT2D eigenvalue weighted by atomic mass is 10.1. The second-order valence-corrected chi connectivity index (χ2v) is 5.27. The number of rotatable bonds is 5. The van der Waals surface area contributed by atoms with Gasteiger partial charge in [-0.15, -0.1) is 0 Å². The maximum atomic E-state index is 12.1. The number of nitrogens with zero attached hydrogens (tertiary/aromatic N) is 1. The Labute approximate surface area is 118 Å². The number of nitrogens with two attached hydrogens (primary N) is 1. The highest BCUT2D eigenvalue weighted by atomic mass is 16.4. The van der Waals surface area contributed by atoms with Gasteiger partial charge in [-0.1, -0.05) is 25.7 Å². The van der Waals surface area contributed by atoms with E-state index in [9.17, 15) is 14.4 Å². The molecule has 7 heteroatoms. The Hall–Kier alpha value is -1.79. The Bertz CT molecular complexity index is 365. The van der Waals surface area contributed by atoms with Crippen molar-refractivity contribution in [2.45, 2.75) is 57.0 Å². The summed E-state index contributed by atoms with van der Waals surface area (Å²) in [6.45, 7) is 0. The third kappa shape index (κ3) is 5.07. The van der Waals surface area contributed by atoms with E-state index in [0.717, 1.165) is 25.7 Å². The smallest absolute Gasteiger partial charge is 0.326 e. The molecule has 1 unspecified atom stereocenters. The van der Waals surface area contributed by atoms with Gasteiger partial charge in [0.15, 0.2) is 0 Å². The summed E-state index contributed by atoms with van der Waals surface area (Å²) in [5.74, 6) is -2.01. The fourth-order valence-electron chi connectivity index (χ4n) is 2.46. The molecule has 3 amide bonds. The van der Waals surface area contributed by atoms with Crippen molar-refractivity contribution in [3.63, 3.8) is 0 Å². The summed E-state index contributed by atoms with van der Waals surface area (Å²) in [6, 6.07) is -1.61. The first kappa shape index (κ1) is 16.3. The van der Waals surface area contributed by atoms with Gasteiger partial charge >= 0.3 is 12.0 Å². The molecule has 1 fully saturated rings. The van der Waals surface area contributed by atoms with Crippen molar-refractivity contribution in [1.82, 2.24) is 10.2 Å². The predicted molar refractivity (Wildman–Crippen MR) is 73.0 cm³/mol. The molecule has 1 atom stereocenters. The number of carboxylic acids is 1. The van der Waals surface area contributed by atoms with Gasteiger partial charge in [-0.25, -0.2) is 9.59 Å². The van der Waals surface area contributed by atoms with E-state index < -0.39 is 30.4 Å². The number of nitrogens with one attached hydrogen (secondary N) is 1. The number of hydrogen-bond acceptors (Lipinski definition) is 3. The van der Waals surface area contributed by atoms with E-state index in [1.807, 2.05) is 0 Å². The highest BCUT2D eigenvalue weighted by molar-refractivity contribution is 5.87. The Morgan fingerprint density at radius 2 is 1.80 bits per heavy atom. The molecule has 0 bridgehead atoms. The molecule has 1 aliphatic rings. The number of amides is 3. The van der Waals surface area contributed by atoms with Gasteiger partial charge in [0, 0.05) is 13.1 Å². The molecule has 0 saturated heterocycles. The number of primary amides is 1. The third-order valence-electron chi connectivity index (χ3n) is 3.69. The number of hydrogen-bond donors (Lipinski definition) is 3. The summed E-state index contributed by atoms with van der Waals surface area (Å²) < 4.78 is 0. The van der Waals surface area contributed by atoms with E-state index >= 15 is 0 Å². The molecule has 0 aromatic carbocycles. The fourth-order valence-corrected chi connectivity index (χ4v) is 2.46. The van der Waals surface area contributed by atoms with Crippen LogP contribution in [0.3, 0.4) is 0 Å². The van der Waals surface area contributed by atoms with Crippen LogP contribution in [-0.4, -0.2) is 47.0 Å². The van der Waals surface area contributed by atoms with Gasteiger partial charge in [0.25, 0.3) is 0 Å². The van der Waals surface area contributed by atoms with Crippen LogP contribution in [0.5, 0.6) is 0 Å². The fraction of sp³-hybridized carbons (Fsp3) is 0.769. The summed E-state index contributed by atoms with van der Waals surface area (Å²) in [6.07, 6.45) is 5.95. The molecular formula is C13H23N3O4. The zero-order valence-electron chi connectivity index (χ0n) is 11.8. The van der Waals surface area contributed by atoms with Crippen LogP contribution in [0, 0.1) is 0 Å². The van der Waals surface area contributed by atoms with Gasteiger partial charge in [-0.3, -0.25) is 4.79 Å². The van der Waals surface area contributed by atoms with Crippen LogP contribution in [-0.2, 0) is 9.59 Å². The number of carboxylic acid groups (broad SMARTS) is 1. The molecule has 0 aromatic heterocycles. The lowest BCUT2D eigenvalue weighted by molar-refractivity contribution is -0.141. The largest absolute Gasteiger partial charge is 0.480 e. The van der Waals surface area contributed by atoms with Crippen LogP contribution >= 0.6 is 0 Å². The quantitative estimate of drug-likeness (QED) is 0.644. The summed E-state index contributed by atoms with van der Waals surface area (Å²) >= 11 is 0. The maximum absolute atomic E-state index is 12.1. The molecule has 0 aliphatic heterocycles. The van der Waals surface area contributed by atoms with Gasteiger partial charge in [-0.05, 0) is 12.8 Å². The minimum absolute atomic E-state index is 0.125. The molecule has 1 saturated carbocycles. The van der Waals surface area contributed by atoms with Crippen LogP contribution in [0.4, 0.5) is 4.79 Å². The van der Waals surface area contributed by atoms with Gasteiger partial charge in [0.05, 0.1) is 6.42 Å². The molecular weight excluding hydrogens is 262 g/mol. The van der Waals surface area contributed by atoms with Crippen LogP contribution in [0.15, 0.2) is 0 Å². The molecule has 0 radical (unpaired) electrons. The highest BCUT2D eigenvalue weighted by Gasteiger charge is 2.26. The van der Waals surface area contributed by atoms with E-state index in [1.54, 1.807) is 11.9 Å². The first-order valence-corrected chi connectivity index (χ1v) is 6.96. The van der Waals surface area contributed by atoms with Gasteiger partial charge in [0.1, 0.15) is 6.04 Å². The van der Waals surface area contributed by atoms with E-state index in [0.29, 0.717) is 0 Å². The topological polar surface area (TPSA) is 113 Å². The Balaban J connectivity index is 2.57. The van der Waals surface area contributed by atoms with Gasteiger partial charge in [0.2, 0.25) is 5.91 Å². The normalized spacial score (nSPS) is 17.9. The average molecular weight is 285 g/mol. The zero-order chi connectivity index (χ0) is 15.1. The first-order chi connectivity index (χ1) is 9.41. The van der Waals surface area contributed by atoms with Crippen molar-refractivity contribution in [2.24, 2.45) is 5.73 Å². The number of carbonyl (C=O) groups is 3. The van der Waals surface area contributed by atoms with E-state index in [1.165, 1.54) is 12.8 Å². The number of aliphatic carboxylic acids is 1. The summed E-state index contributed by atoms with van der Waals surface area (Å²) in [5, 5.41) is 11.3. The van der Waals surface area contributed by atoms with Gasteiger partial charge in [-0.2, -0.15) is 0 Å². The number of carbonyl (C=O) groups excluding carboxylic acids is 2. The summed E-state index contributed by atoms with van der Waals surface area (Å²) in [4.78, 5) is 35.4. The summed E-state index contributed by atoms with van der Waals surface area (Å²) in [7, 11) is 1.66. The lowest BCUT2D eigenvalue weighted by Gasteiger charge is -2.28. The molecule has 0 spiro atoms. The Morgan fingerprint density at radius 1 is 1.25 bits per heavy atom. The SMILES string of the molecule is CN(C(=O)NC(CC(N)=O)C(=O)O)C1CCCCCC1. The molecule has 1 aliphatic carbocycles. The van der Waals surface area contributed by atoms with Crippen LogP contribution in [0.1, 0.15) is 44.9 Å². The Morgan fingerprint density at radius 3 is 2.25 bits per heavy atom. The van der Waals surface area contributed by atoms with E-state index in [-0.39, 0.29) is 6.04 Å². The molecule has 4 N–H and O–H groups in total. The minimum atomic E-state index is -1.27. The molecule has 0 heterocycles. The lowest BCUT2D eigenvalue weighted by Crippen LogP contribution is -2.50. The van der Waals surface area contributed by atoms with Crippen LogP contribution in [0.2, 0.25) is 0 Å². The molecule has 20 heavy (non-hydrogen) atoms. The highest BCUT2D eigenvalue weighted by Crippen LogP contribution is 2.21. The van der Waals surface area contributed by atoms with Gasteiger partial charge < -0.3 is 21.1 Å². The van der Waals surface area contributed by atoms with Crippen LogP contribution < -0.4 is 11.1 Å². The molecule has 7 nitrogen and oxygen atoms in total. The monoisotopic (exact) mass is 285 g/mol. The van der Waals surface area contributed by atoms with Crippen molar-refractivity contribution >= 4 is 17.9 Å².